The first kappa shape index (κ1) is 15.6. The molecule has 0 bridgehead atoms. The van der Waals surface area contributed by atoms with Crippen LogP contribution in [0.3, 0.4) is 0 Å². The lowest BCUT2D eigenvalue weighted by Gasteiger charge is -2.13. The molecule has 0 heterocycles. The second kappa shape index (κ2) is 6.30. The predicted octanol–water partition coefficient (Wildman–Crippen LogP) is 4.62. The summed E-state index contributed by atoms with van der Waals surface area (Å²) in [7, 11) is 0. The molecule has 2 aromatic carbocycles. The number of ether oxygens (including phenoxy) is 1. The fraction of sp³-hybridized carbons (Fsp3) is 0.200. The topological polar surface area (TPSA) is 35.2 Å². The number of benzene rings is 2. The van der Waals surface area contributed by atoms with Gasteiger partial charge in [0.25, 0.3) is 0 Å². The zero-order valence-electron chi connectivity index (χ0n) is 11.5. The zero-order valence-corrected chi connectivity index (χ0v) is 12.3. The van der Waals surface area contributed by atoms with Gasteiger partial charge in [0.2, 0.25) is 0 Å². The van der Waals surface area contributed by atoms with Crippen LogP contribution in [0.1, 0.15) is 13.8 Å². The molecular formula is C15H14F3NOS. The Balaban J connectivity index is 2.32. The molecule has 0 fully saturated rings. The van der Waals surface area contributed by atoms with Gasteiger partial charge in [-0.25, -0.2) is 13.2 Å². The van der Waals surface area contributed by atoms with Crippen LogP contribution in [0.25, 0.3) is 0 Å². The summed E-state index contributed by atoms with van der Waals surface area (Å²) >= 11 is 1.11. The molecule has 6 heteroatoms. The van der Waals surface area contributed by atoms with Crippen molar-refractivity contribution in [2.24, 2.45) is 0 Å². The van der Waals surface area contributed by atoms with Crippen LogP contribution in [0.2, 0.25) is 0 Å². The molecule has 0 atom stereocenters. The maximum atomic E-state index is 13.7. The van der Waals surface area contributed by atoms with Crippen molar-refractivity contribution in [3.8, 4) is 5.75 Å². The maximum absolute atomic E-state index is 13.7. The van der Waals surface area contributed by atoms with E-state index in [2.05, 4.69) is 0 Å². The van der Waals surface area contributed by atoms with E-state index in [1.807, 2.05) is 0 Å². The Bertz CT molecular complexity index is 662. The number of nitrogen functional groups attached to an aromatic ring is 1. The molecule has 0 spiro atoms. The Kier molecular flexibility index (Phi) is 4.67. The van der Waals surface area contributed by atoms with Gasteiger partial charge in [-0.05, 0) is 38.1 Å². The molecule has 0 amide bonds. The number of rotatable bonds is 4. The molecule has 0 aliphatic heterocycles. The average molecular weight is 313 g/mol. The minimum absolute atomic E-state index is 0.0734. The third-order valence-corrected chi connectivity index (χ3v) is 3.61. The van der Waals surface area contributed by atoms with Gasteiger partial charge in [-0.3, -0.25) is 0 Å². The second-order valence-corrected chi connectivity index (χ2v) is 5.78. The standard InChI is InChI=1S/C15H14F3NOS/c1-8(2)20-14-7-15(13(19)6-12(14)18)21-9-3-4-10(16)11(17)5-9/h3-8H,19H2,1-2H3. The Morgan fingerprint density at radius 2 is 1.71 bits per heavy atom. The van der Waals surface area contributed by atoms with Crippen molar-refractivity contribution in [3.63, 3.8) is 0 Å². The fourth-order valence-electron chi connectivity index (χ4n) is 1.65. The molecule has 2 N–H and O–H groups in total. The highest BCUT2D eigenvalue weighted by molar-refractivity contribution is 7.99. The lowest BCUT2D eigenvalue weighted by atomic mass is 10.3. The lowest BCUT2D eigenvalue weighted by molar-refractivity contribution is 0.230. The number of halogens is 3. The lowest BCUT2D eigenvalue weighted by Crippen LogP contribution is -2.07. The van der Waals surface area contributed by atoms with Crippen molar-refractivity contribution in [3.05, 3.63) is 47.8 Å². The van der Waals surface area contributed by atoms with E-state index in [1.165, 1.54) is 12.1 Å². The highest BCUT2D eigenvalue weighted by atomic mass is 32.2. The van der Waals surface area contributed by atoms with Crippen molar-refractivity contribution in [1.82, 2.24) is 0 Å². The first-order valence-electron chi connectivity index (χ1n) is 6.25. The van der Waals surface area contributed by atoms with Crippen LogP contribution in [0.15, 0.2) is 40.1 Å². The summed E-state index contributed by atoms with van der Waals surface area (Å²) in [6.07, 6.45) is -0.191. The second-order valence-electron chi connectivity index (χ2n) is 4.67. The number of anilines is 1. The SMILES string of the molecule is CC(C)Oc1cc(Sc2ccc(F)c(F)c2)c(N)cc1F. The van der Waals surface area contributed by atoms with Crippen LogP contribution in [-0.4, -0.2) is 6.10 Å². The van der Waals surface area contributed by atoms with E-state index < -0.39 is 17.5 Å². The van der Waals surface area contributed by atoms with Gasteiger partial charge >= 0.3 is 0 Å². The largest absolute Gasteiger partial charge is 0.488 e. The van der Waals surface area contributed by atoms with Crippen LogP contribution in [0.5, 0.6) is 5.75 Å². The third kappa shape index (κ3) is 3.85. The Hall–Kier alpha value is -1.82. The molecule has 0 aromatic heterocycles. The van der Waals surface area contributed by atoms with Gasteiger partial charge in [-0.1, -0.05) is 11.8 Å². The van der Waals surface area contributed by atoms with E-state index in [1.54, 1.807) is 13.8 Å². The quantitative estimate of drug-likeness (QED) is 0.836. The third-order valence-electron chi connectivity index (χ3n) is 2.55. The molecule has 2 nitrogen and oxygen atoms in total. The van der Waals surface area contributed by atoms with Gasteiger partial charge in [0.15, 0.2) is 23.2 Å². The molecule has 21 heavy (non-hydrogen) atoms. The first-order chi connectivity index (χ1) is 9.86. The van der Waals surface area contributed by atoms with Gasteiger partial charge in [0, 0.05) is 21.5 Å². The van der Waals surface area contributed by atoms with Gasteiger partial charge < -0.3 is 10.5 Å². The van der Waals surface area contributed by atoms with E-state index in [4.69, 9.17) is 10.5 Å². The van der Waals surface area contributed by atoms with Gasteiger partial charge in [0.05, 0.1) is 6.10 Å². The van der Waals surface area contributed by atoms with Crippen molar-refractivity contribution in [2.75, 3.05) is 5.73 Å². The molecule has 0 aliphatic rings. The minimum Gasteiger partial charge on any atom is -0.488 e. The highest BCUT2D eigenvalue weighted by Crippen LogP contribution is 2.36. The Labute approximate surface area is 125 Å². The summed E-state index contributed by atoms with van der Waals surface area (Å²) in [6.45, 7) is 3.55. The smallest absolute Gasteiger partial charge is 0.167 e. The molecule has 112 valence electrons. The van der Waals surface area contributed by atoms with E-state index >= 15 is 0 Å². The molecule has 0 unspecified atom stereocenters. The summed E-state index contributed by atoms with van der Waals surface area (Å²) in [5, 5.41) is 0. The van der Waals surface area contributed by atoms with Crippen LogP contribution < -0.4 is 10.5 Å². The number of hydrogen-bond donors (Lipinski definition) is 1. The van der Waals surface area contributed by atoms with Crippen molar-refractivity contribution >= 4 is 17.4 Å². The van der Waals surface area contributed by atoms with Crippen LogP contribution in [0.4, 0.5) is 18.9 Å². The van der Waals surface area contributed by atoms with Gasteiger partial charge in [-0.2, -0.15) is 0 Å². The summed E-state index contributed by atoms with van der Waals surface area (Å²) in [6, 6.07) is 6.13. The minimum atomic E-state index is -0.945. The monoisotopic (exact) mass is 313 g/mol. The van der Waals surface area contributed by atoms with E-state index in [-0.39, 0.29) is 17.5 Å². The average Bonchev–Trinajstić information content (AvgIpc) is 2.39. The van der Waals surface area contributed by atoms with E-state index in [9.17, 15) is 13.2 Å². The number of hydrogen-bond acceptors (Lipinski definition) is 3. The summed E-state index contributed by atoms with van der Waals surface area (Å²) < 4.78 is 45.2. The molecule has 0 saturated carbocycles. The van der Waals surface area contributed by atoms with Crippen LogP contribution >= 0.6 is 11.8 Å². The van der Waals surface area contributed by atoms with Gasteiger partial charge in [-0.15, -0.1) is 0 Å². The summed E-state index contributed by atoms with van der Waals surface area (Å²) in [5.41, 5.74) is 5.96. The molecular weight excluding hydrogens is 299 g/mol. The van der Waals surface area contributed by atoms with Crippen LogP contribution in [0, 0.1) is 17.5 Å². The molecule has 2 rings (SSSR count). The summed E-state index contributed by atoms with van der Waals surface area (Å²) in [5.74, 6) is -2.35. The number of nitrogens with two attached hydrogens (primary N) is 1. The van der Waals surface area contributed by atoms with Gasteiger partial charge in [0.1, 0.15) is 0 Å². The fourth-order valence-corrected chi connectivity index (χ4v) is 2.55. The van der Waals surface area contributed by atoms with Crippen molar-refractivity contribution < 1.29 is 17.9 Å². The molecule has 0 aliphatic carbocycles. The predicted molar refractivity (Wildman–Crippen MR) is 77.1 cm³/mol. The maximum Gasteiger partial charge on any atom is 0.167 e. The Morgan fingerprint density at radius 3 is 2.33 bits per heavy atom. The van der Waals surface area contributed by atoms with Crippen LogP contribution in [-0.2, 0) is 0 Å². The molecule has 0 radical (unpaired) electrons. The van der Waals surface area contributed by atoms with E-state index in [0.717, 1.165) is 30.0 Å². The molecule has 0 saturated heterocycles. The zero-order chi connectivity index (χ0) is 15.6. The van der Waals surface area contributed by atoms with E-state index in [0.29, 0.717) is 9.79 Å². The van der Waals surface area contributed by atoms with Crippen molar-refractivity contribution in [2.45, 2.75) is 29.7 Å². The van der Waals surface area contributed by atoms with Crippen molar-refractivity contribution in [1.29, 1.82) is 0 Å². The Morgan fingerprint density at radius 1 is 1.00 bits per heavy atom. The highest BCUT2D eigenvalue weighted by Gasteiger charge is 2.12. The first-order valence-corrected chi connectivity index (χ1v) is 7.07. The summed E-state index contributed by atoms with van der Waals surface area (Å²) in [4.78, 5) is 0.973. The normalized spacial score (nSPS) is 11.0. The molecule has 2 aromatic rings.